The second-order valence-electron chi connectivity index (χ2n) is 6.16. The zero-order valence-electron chi connectivity index (χ0n) is 14.1. The fourth-order valence-electron chi connectivity index (χ4n) is 3.27. The largest absolute Gasteiger partial charge is 0.462 e. The van der Waals surface area contributed by atoms with Crippen LogP contribution in [0.4, 0.5) is 5.69 Å². The molecule has 130 valence electrons. The molecular weight excluding hydrogens is 308 g/mol. The molecule has 2 aromatic rings. The van der Waals surface area contributed by atoms with E-state index in [1.165, 1.54) is 0 Å². The van der Waals surface area contributed by atoms with Crippen molar-refractivity contribution in [2.24, 2.45) is 0 Å². The lowest BCUT2D eigenvalue weighted by Crippen LogP contribution is -2.29. The smallest absolute Gasteiger partial charge is 0.342 e. The molecule has 1 aliphatic rings. The minimum absolute atomic E-state index is 0.215. The van der Waals surface area contributed by atoms with Crippen molar-refractivity contribution >= 4 is 22.7 Å². The quantitative estimate of drug-likeness (QED) is 0.727. The van der Waals surface area contributed by atoms with Crippen molar-refractivity contribution in [1.82, 2.24) is 15.2 Å². The van der Waals surface area contributed by atoms with Gasteiger partial charge in [0, 0.05) is 6.04 Å². The second kappa shape index (κ2) is 7.17. The maximum absolute atomic E-state index is 12.5. The number of aromatic nitrogens is 3. The highest BCUT2D eigenvalue weighted by Crippen LogP contribution is 2.31. The molecule has 0 aliphatic heterocycles. The minimum Gasteiger partial charge on any atom is -0.462 e. The van der Waals surface area contributed by atoms with Crippen LogP contribution < -0.4 is 5.32 Å². The van der Waals surface area contributed by atoms with Crippen LogP contribution in [-0.4, -0.2) is 45.0 Å². The normalized spacial score (nSPS) is 21.0. The van der Waals surface area contributed by atoms with Crippen molar-refractivity contribution in [2.75, 3.05) is 11.9 Å². The van der Waals surface area contributed by atoms with Gasteiger partial charge < -0.3 is 15.2 Å². The lowest BCUT2D eigenvalue weighted by Gasteiger charge is -2.28. The Balaban J connectivity index is 2.03. The highest BCUT2D eigenvalue weighted by molar-refractivity contribution is 6.05. The van der Waals surface area contributed by atoms with Crippen LogP contribution in [0.3, 0.4) is 0 Å². The Morgan fingerprint density at radius 3 is 2.79 bits per heavy atom. The molecule has 1 fully saturated rings. The van der Waals surface area contributed by atoms with E-state index in [4.69, 9.17) is 4.74 Å². The standard InChI is InChI=1S/C17H24N4O3/c1-3-13-14(17(23)24-4-2)15(12-9-18-21-16(12)20-13)19-10-5-7-11(22)8-6-10/h9-11,22H,3-8H2,1-2H3,(H2,18,19,20,21). The van der Waals surface area contributed by atoms with E-state index in [2.05, 4.69) is 20.5 Å². The average Bonchev–Trinajstić information content (AvgIpc) is 3.05. The van der Waals surface area contributed by atoms with Gasteiger partial charge >= 0.3 is 5.97 Å². The average molecular weight is 332 g/mol. The predicted molar refractivity (Wildman–Crippen MR) is 91.1 cm³/mol. The first-order valence-corrected chi connectivity index (χ1v) is 8.61. The van der Waals surface area contributed by atoms with E-state index < -0.39 is 0 Å². The zero-order valence-corrected chi connectivity index (χ0v) is 14.1. The van der Waals surface area contributed by atoms with Crippen LogP contribution in [0.2, 0.25) is 0 Å². The van der Waals surface area contributed by atoms with E-state index in [0.29, 0.717) is 29.9 Å². The molecule has 0 atom stereocenters. The number of ether oxygens (including phenoxy) is 1. The molecule has 1 saturated carbocycles. The molecule has 0 unspecified atom stereocenters. The van der Waals surface area contributed by atoms with E-state index >= 15 is 0 Å². The van der Waals surface area contributed by atoms with E-state index in [0.717, 1.165) is 36.8 Å². The summed E-state index contributed by atoms with van der Waals surface area (Å²) in [6.45, 7) is 4.08. The summed E-state index contributed by atoms with van der Waals surface area (Å²) in [6.07, 6.45) is 5.37. The molecule has 3 N–H and O–H groups in total. The molecular formula is C17H24N4O3. The minimum atomic E-state index is -0.358. The Bertz CT molecular complexity index is 720. The van der Waals surface area contributed by atoms with Crippen molar-refractivity contribution in [3.05, 3.63) is 17.5 Å². The third kappa shape index (κ3) is 3.21. The summed E-state index contributed by atoms with van der Waals surface area (Å²) >= 11 is 0. The number of nitrogens with zero attached hydrogens (tertiary/aromatic N) is 2. The van der Waals surface area contributed by atoms with Gasteiger partial charge in [0.15, 0.2) is 5.65 Å². The van der Waals surface area contributed by atoms with E-state index in [1.54, 1.807) is 13.1 Å². The number of pyridine rings is 1. The van der Waals surface area contributed by atoms with Gasteiger partial charge in [-0.1, -0.05) is 6.92 Å². The number of carbonyl (C=O) groups excluding carboxylic acids is 1. The van der Waals surface area contributed by atoms with Crippen LogP contribution in [0.5, 0.6) is 0 Å². The van der Waals surface area contributed by atoms with Crippen molar-refractivity contribution in [1.29, 1.82) is 0 Å². The highest BCUT2D eigenvalue weighted by Gasteiger charge is 2.26. The predicted octanol–water partition coefficient (Wildman–Crippen LogP) is 2.41. The summed E-state index contributed by atoms with van der Waals surface area (Å²) in [5.41, 5.74) is 2.60. The van der Waals surface area contributed by atoms with Gasteiger partial charge in [0.2, 0.25) is 0 Å². The molecule has 0 aromatic carbocycles. The van der Waals surface area contributed by atoms with Gasteiger partial charge in [0.05, 0.1) is 35.7 Å². The monoisotopic (exact) mass is 332 g/mol. The Morgan fingerprint density at radius 1 is 1.38 bits per heavy atom. The van der Waals surface area contributed by atoms with E-state index in [9.17, 15) is 9.90 Å². The molecule has 0 saturated heterocycles. The van der Waals surface area contributed by atoms with Gasteiger partial charge in [-0.25, -0.2) is 9.78 Å². The zero-order chi connectivity index (χ0) is 17.1. The van der Waals surface area contributed by atoms with Crippen molar-refractivity contribution < 1.29 is 14.6 Å². The van der Waals surface area contributed by atoms with Crippen molar-refractivity contribution in [3.63, 3.8) is 0 Å². The highest BCUT2D eigenvalue weighted by atomic mass is 16.5. The molecule has 2 aromatic heterocycles. The fourth-order valence-corrected chi connectivity index (χ4v) is 3.27. The number of aryl methyl sites for hydroxylation is 1. The molecule has 1 aliphatic carbocycles. The van der Waals surface area contributed by atoms with Crippen LogP contribution in [0.1, 0.15) is 55.6 Å². The summed E-state index contributed by atoms with van der Waals surface area (Å²) in [5.74, 6) is -0.358. The van der Waals surface area contributed by atoms with Gasteiger partial charge in [-0.05, 0) is 39.0 Å². The second-order valence-corrected chi connectivity index (χ2v) is 6.16. The van der Waals surface area contributed by atoms with Gasteiger partial charge in [-0.3, -0.25) is 5.10 Å². The number of fused-ring (bicyclic) bond motifs is 1. The Kier molecular flexibility index (Phi) is 4.99. The first-order valence-electron chi connectivity index (χ1n) is 8.61. The molecule has 7 nitrogen and oxygen atoms in total. The van der Waals surface area contributed by atoms with Gasteiger partial charge in [0.1, 0.15) is 5.56 Å². The molecule has 0 bridgehead atoms. The summed E-state index contributed by atoms with van der Waals surface area (Å²) in [4.78, 5) is 17.1. The first kappa shape index (κ1) is 16.7. The first-order chi connectivity index (χ1) is 11.6. The van der Waals surface area contributed by atoms with Crippen LogP contribution in [0.15, 0.2) is 6.20 Å². The lowest BCUT2D eigenvalue weighted by atomic mass is 9.92. The summed E-state index contributed by atoms with van der Waals surface area (Å²) in [5, 5.41) is 20.9. The molecule has 0 spiro atoms. The number of anilines is 1. The maximum Gasteiger partial charge on any atom is 0.342 e. The number of rotatable bonds is 5. The van der Waals surface area contributed by atoms with E-state index in [1.807, 2.05) is 6.92 Å². The van der Waals surface area contributed by atoms with Crippen molar-refractivity contribution in [2.45, 2.75) is 58.1 Å². The topological polar surface area (TPSA) is 100 Å². The Hall–Kier alpha value is -2.15. The molecule has 3 rings (SSSR count). The van der Waals surface area contributed by atoms with Gasteiger partial charge in [-0.2, -0.15) is 5.10 Å². The van der Waals surface area contributed by atoms with Crippen LogP contribution in [0.25, 0.3) is 11.0 Å². The third-order valence-corrected chi connectivity index (χ3v) is 4.53. The maximum atomic E-state index is 12.5. The fraction of sp³-hybridized carbons (Fsp3) is 0.588. The number of carbonyl (C=O) groups is 1. The number of H-pyrrole nitrogens is 1. The van der Waals surface area contributed by atoms with Crippen LogP contribution in [-0.2, 0) is 11.2 Å². The number of aliphatic hydroxyl groups is 1. The van der Waals surface area contributed by atoms with E-state index in [-0.39, 0.29) is 18.1 Å². The summed E-state index contributed by atoms with van der Waals surface area (Å²) in [7, 11) is 0. The number of hydrogen-bond donors (Lipinski definition) is 3. The molecule has 24 heavy (non-hydrogen) atoms. The summed E-state index contributed by atoms with van der Waals surface area (Å²) in [6, 6.07) is 0.215. The molecule has 2 heterocycles. The third-order valence-electron chi connectivity index (χ3n) is 4.53. The lowest BCUT2D eigenvalue weighted by molar-refractivity contribution is 0.0525. The number of aliphatic hydroxyl groups excluding tert-OH is 1. The molecule has 7 heteroatoms. The summed E-state index contributed by atoms with van der Waals surface area (Å²) < 4.78 is 5.25. The van der Waals surface area contributed by atoms with Crippen LogP contribution in [0, 0.1) is 0 Å². The van der Waals surface area contributed by atoms with Crippen LogP contribution >= 0.6 is 0 Å². The Labute approximate surface area is 140 Å². The Morgan fingerprint density at radius 2 is 2.12 bits per heavy atom. The number of nitrogens with one attached hydrogen (secondary N) is 2. The van der Waals surface area contributed by atoms with Gasteiger partial charge in [0.25, 0.3) is 0 Å². The SMILES string of the molecule is CCOC(=O)c1c(CC)nc2[nH]ncc2c1NC1CCC(O)CC1. The number of aromatic amines is 1. The molecule has 0 amide bonds. The number of hydrogen-bond acceptors (Lipinski definition) is 6. The van der Waals surface area contributed by atoms with Gasteiger partial charge in [-0.15, -0.1) is 0 Å². The molecule has 0 radical (unpaired) electrons. The van der Waals surface area contributed by atoms with Crippen molar-refractivity contribution in [3.8, 4) is 0 Å². The number of esters is 1.